The van der Waals surface area contributed by atoms with Crippen LogP contribution >= 0.6 is 0 Å². The van der Waals surface area contributed by atoms with Gasteiger partial charge in [-0.25, -0.2) is 0 Å². The highest BCUT2D eigenvalue weighted by molar-refractivity contribution is 5.33. The number of aryl methyl sites for hydroxylation is 1. The predicted molar refractivity (Wildman–Crippen MR) is 164 cm³/mol. The lowest BCUT2D eigenvalue weighted by Crippen LogP contribution is -2.37. The molecular weight excluding hydrogens is 434 g/mol. The van der Waals surface area contributed by atoms with Gasteiger partial charge in [0, 0.05) is 5.54 Å². The zero-order valence-electron chi connectivity index (χ0n) is 25.3. The molecule has 1 rings (SSSR count). The third-order valence-electron chi connectivity index (χ3n) is 8.49. The van der Waals surface area contributed by atoms with E-state index in [1.165, 1.54) is 154 Å². The Morgan fingerprint density at radius 2 is 0.917 bits per heavy atom. The van der Waals surface area contributed by atoms with Crippen LogP contribution in [0.1, 0.15) is 180 Å². The fraction of sp³-hybridized carbons (Fsp3) is 0.829. The molecule has 0 bridgehead atoms. The molecule has 36 heavy (non-hydrogen) atoms. The summed E-state index contributed by atoms with van der Waals surface area (Å²) in [7, 11) is 2.16. The third kappa shape index (κ3) is 16.1. The number of hydrogen-bond acceptors (Lipinski definition) is 1. The molecule has 1 aromatic carbocycles. The van der Waals surface area contributed by atoms with Gasteiger partial charge in [-0.3, -0.25) is 0 Å². The lowest BCUT2D eigenvalue weighted by molar-refractivity contribution is 0.348. The zero-order valence-corrected chi connectivity index (χ0v) is 25.3. The molecule has 1 aromatic rings. The van der Waals surface area contributed by atoms with Crippen LogP contribution in [0.3, 0.4) is 0 Å². The van der Waals surface area contributed by atoms with Gasteiger partial charge >= 0.3 is 0 Å². The van der Waals surface area contributed by atoms with Gasteiger partial charge in [0.1, 0.15) is 0 Å². The fourth-order valence-corrected chi connectivity index (χ4v) is 5.79. The lowest BCUT2D eigenvalue weighted by Gasteiger charge is -2.32. The molecule has 1 N–H and O–H groups in total. The molecule has 1 nitrogen and oxygen atoms in total. The van der Waals surface area contributed by atoms with Crippen LogP contribution in [0.5, 0.6) is 0 Å². The van der Waals surface area contributed by atoms with Gasteiger partial charge in [0.15, 0.2) is 0 Å². The lowest BCUT2D eigenvalue weighted by atomic mass is 9.82. The van der Waals surface area contributed by atoms with Gasteiger partial charge in [0.05, 0.1) is 0 Å². The van der Waals surface area contributed by atoms with Crippen LogP contribution in [-0.2, 0) is 12.0 Å². The first kappa shape index (κ1) is 33.2. The summed E-state index contributed by atoms with van der Waals surface area (Å²) < 4.78 is 0. The SMILES string of the molecule is CCCCCCCCCCCCCCC(C)(NC)c1ccccc1CCCCCCCCCCCC. The van der Waals surface area contributed by atoms with E-state index in [0.717, 1.165) is 0 Å². The van der Waals surface area contributed by atoms with Gasteiger partial charge in [0.25, 0.3) is 0 Å². The maximum atomic E-state index is 3.71. The van der Waals surface area contributed by atoms with Crippen LogP contribution in [0.4, 0.5) is 0 Å². The number of benzene rings is 1. The summed E-state index contributed by atoms with van der Waals surface area (Å²) in [6, 6.07) is 9.27. The monoisotopic (exact) mass is 500 g/mol. The minimum Gasteiger partial charge on any atom is -0.311 e. The third-order valence-corrected chi connectivity index (χ3v) is 8.49. The van der Waals surface area contributed by atoms with Crippen molar-refractivity contribution in [2.45, 2.75) is 180 Å². The standard InChI is InChI=1S/C35H65N/c1-5-7-9-11-13-15-17-18-20-22-24-28-32-35(3,36-4)34-31-27-26-30-33(34)29-25-23-21-19-16-14-12-10-8-6-2/h26-27,30-31,36H,5-25,28-29,32H2,1-4H3. The molecule has 0 aliphatic heterocycles. The van der Waals surface area contributed by atoms with Gasteiger partial charge in [-0.05, 0) is 44.4 Å². The topological polar surface area (TPSA) is 12.0 Å². The maximum Gasteiger partial charge on any atom is 0.0406 e. The van der Waals surface area contributed by atoms with E-state index in [1.807, 2.05) is 0 Å². The van der Waals surface area contributed by atoms with E-state index < -0.39 is 0 Å². The van der Waals surface area contributed by atoms with Crippen molar-refractivity contribution in [1.82, 2.24) is 5.32 Å². The summed E-state index contributed by atoms with van der Waals surface area (Å²) in [5.41, 5.74) is 3.23. The Bertz CT molecular complexity index is 594. The first-order valence-electron chi connectivity index (χ1n) is 16.4. The van der Waals surface area contributed by atoms with E-state index in [-0.39, 0.29) is 5.54 Å². The Hall–Kier alpha value is -0.820. The van der Waals surface area contributed by atoms with E-state index >= 15 is 0 Å². The molecule has 1 unspecified atom stereocenters. The van der Waals surface area contributed by atoms with Crippen molar-refractivity contribution < 1.29 is 0 Å². The van der Waals surface area contributed by atoms with Crippen LogP contribution < -0.4 is 5.32 Å². The van der Waals surface area contributed by atoms with Crippen molar-refractivity contribution in [2.24, 2.45) is 0 Å². The second-order valence-corrected chi connectivity index (χ2v) is 11.8. The Morgan fingerprint density at radius 1 is 0.528 bits per heavy atom. The van der Waals surface area contributed by atoms with E-state index in [1.54, 1.807) is 11.1 Å². The Morgan fingerprint density at radius 3 is 1.36 bits per heavy atom. The molecule has 0 aliphatic carbocycles. The molecule has 0 aliphatic rings. The van der Waals surface area contributed by atoms with Crippen molar-refractivity contribution in [1.29, 1.82) is 0 Å². The van der Waals surface area contributed by atoms with Crippen molar-refractivity contribution in [3.63, 3.8) is 0 Å². The number of rotatable bonds is 26. The molecule has 0 saturated carbocycles. The molecule has 0 fully saturated rings. The van der Waals surface area contributed by atoms with Crippen LogP contribution in [0, 0.1) is 0 Å². The average molecular weight is 500 g/mol. The minimum atomic E-state index is 0.105. The fourth-order valence-electron chi connectivity index (χ4n) is 5.79. The zero-order chi connectivity index (χ0) is 26.2. The highest BCUT2D eigenvalue weighted by atomic mass is 14.9. The largest absolute Gasteiger partial charge is 0.311 e. The Labute approximate surface area is 228 Å². The van der Waals surface area contributed by atoms with E-state index in [0.29, 0.717) is 0 Å². The average Bonchev–Trinajstić information content (AvgIpc) is 2.90. The van der Waals surface area contributed by atoms with Crippen molar-refractivity contribution in [3.05, 3.63) is 35.4 Å². The molecule has 1 atom stereocenters. The summed E-state index contributed by atoms with van der Waals surface area (Å²) in [6.07, 6.45) is 33.7. The first-order chi connectivity index (χ1) is 17.7. The summed E-state index contributed by atoms with van der Waals surface area (Å²) in [6.45, 7) is 7.04. The van der Waals surface area contributed by atoms with Crippen LogP contribution in [0.25, 0.3) is 0 Å². The smallest absolute Gasteiger partial charge is 0.0406 e. The Kier molecular flexibility index (Phi) is 21.5. The maximum absolute atomic E-state index is 3.71. The second kappa shape index (κ2) is 23.3. The van der Waals surface area contributed by atoms with E-state index in [4.69, 9.17) is 0 Å². The highest BCUT2D eigenvalue weighted by Gasteiger charge is 2.26. The number of hydrogen-bond donors (Lipinski definition) is 1. The first-order valence-corrected chi connectivity index (χ1v) is 16.4. The van der Waals surface area contributed by atoms with Crippen molar-refractivity contribution in [3.8, 4) is 0 Å². The molecule has 1 heteroatoms. The molecule has 0 heterocycles. The van der Waals surface area contributed by atoms with Crippen LogP contribution in [0.2, 0.25) is 0 Å². The Balaban J connectivity index is 2.24. The van der Waals surface area contributed by atoms with Crippen molar-refractivity contribution in [2.75, 3.05) is 7.05 Å². The summed E-state index contributed by atoms with van der Waals surface area (Å²) in [4.78, 5) is 0. The number of nitrogens with one attached hydrogen (secondary N) is 1. The van der Waals surface area contributed by atoms with Crippen molar-refractivity contribution >= 4 is 0 Å². The quantitative estimate of drug-likeness (QED) is 0.125. The molecule has 0 aromatic heterocycles. The summed E-state index contributed by atoms with van der Waals surface area (Å²) >= 11 is 0. The van der Waals surface area contributed by atoms with Gasteiger partial charge in [-0.1, -0.05) is 173 Å². The van der Waals surface area contributed by atoms with E-state index in [2.05, 4.69) is 57.4 Å². The molecule has 0 saturated heterocycles. The van der Waals surface area contributed by atoms with Crippen LogP contribution in [0.15, 0.2) is 24.3 Å². The summed E-state index contributed by atoms with van der Waals surface area (Å²) in [5, 5.41) is 3.71. The normalized spacial score (nSPS) is 13.2. The van der Waals surface area contributed by atoms with Gasteiger partial charge in [0.2, 0.25) is 0 Å². The summed E-state index contributed by atoms with van der Waals surface area (Å²) in [5.74, 6) is 0. The number of unbranched alkanes of at least 4 members (excludes halogenated alkanes) is 20. The molecule has 0 amide bonds. The molecule has 210 valence electrons. The molecular formula is C35H65N. The molecule has 0 radical (unpaired) electrons. The van der Waals surface area contributed by atoms with Gasteiger partial charge < -0.3 is 5.32 Å². The van der Waals surface area contributed by atoms with Crippen LogP contribution in [-0.4, -0.2) is 7.05 Å². The predicted octanol–water partition coefficient (Wildman–Crippen LogP) is 11.7. The molecule has 0 spiro atoms. The highest BCUT2D eigenvalue weighted by Crippen LogP contribution is 2.31. The van der Waals surface area contributed by atoms with E-state index in [9.17, 15) is 0 Å². The van der Waals surface area contributed by atoms with Gasteiger partial charge in [-0.15, -0.1) is 0 Å². The second-order valence-electron chi connectivity index (χ2n) is 11.8. The van der Waals surface area contributed by atoms with Gasteiger partial charge in [-0.2, -0.15) is 0 Å². The minimum absolute atomic E-state index is 0.105.